The molecule has 7 nitrogen and oxygen atoms in total. The van der Waals surface area contributed by atoms with Crippen LogP contribution in [0.5, 0.6) is 5.75 Å². The number of carbonyl (C=O) groups excluding carboxylic acids is 1. The van der Waals surface area contributed by atoms with Gasteiger partial charge in [0.05, 0.1) is 0 Å². The summed E-state index contributed by atoms with van der Waals surface area (Å²) in [6.07, 6.45) is 1.73. The van der Waals surface area contributed by atoms with Crippen molar-refractivity contribution in [1.29, 1.82) is 0 Å². The van der Waals surface area contributed by atoms with Gasteiger partial charge in [0.15, 0.2) is 5.82 Å². The summed E-state index contributed by atoms with van der Waals surface area (Å²) < 4.78 is 7.47. The molecule has 1 amide bonds. The molecule has 0 aliphatic carbocycles. The molecule has 0 bridgehead atoms. The van der Waals surface area contributed by atoms with E-state index in [1.54, 1.807) is 27.8 Å². The minimum absolute atomic E-state index is 0.0747. The maximum atomic E-state index is 13.1. The normalized spacial score (nSPS) is 10.6. The predicted octanol–water partition coefficient (Wildman–Crippen LogP) is 3.41. The lowest BCUT2D eigenvalue weighted by Crippen LogP contribution is -2.30. The maximum absolute atomic E-state index is 13.1. The first-order chi connectivity index (χ1) is 14.1. The van der Waals surface area contributed by atoms with Crippen molar-refractivity contribution in [2.24, 2.45) is 0 Å². The lowest BCUT2D eigenvalue weighted by molar-refractivity contribution is 0.0762. The van der Waals surface area contributed by atoms with Gasteiger partial charge in [0, 0.05) is 25.2 Å². The first-order valence-electron chi connectivity index (χ1n) is 9.54. The number of benzene rings is 2. The van der Waals surface area contributed by atoms with Gasteiger partial charge < -0.3 is 9.64 Å². The van der Waals surface area contributed by atoms with E-state index >= 15 is 0 Å². The molecule has 1 aromatic heterocycles. The average Bonchev–Trinajstić information content (AvgIpc) is 3.21. The third-order valence-electron chi connectivity index (χ3n) is 4.49. The summed E-state index contributed by atoms with van der Waals surface area (Å²) in [6, 6.07) is 15.3. The van der Waals surface area contributed by atoms with Crippen LogP contribution in [0.2, 0.25) is 0 Å². The van der Waals surface area contributed by atoms with Crippen LogP contribution in [0.3, 0.4) is 0 Å². The van der Waals surface area contributed by atoms with Crippen LogP contribution in [-0.2, 0) is 19.7 Å². The van der Waals surface area contributed by atoms with Gasteiger partial charge in [-0.2, -0.15) is 0 Å². The molecule has 7 heteroatoms. The minimum Gasteiger partial charge on any atom is -0.486 e. The van der Waals surface area contributed by atoms with Crippen molar-refractivity contribution in [3.05, 3.63) is 83.7 Å². The van der Waals surface area contributed by atoms with Gasteiger partial charge in [-0.3, -0.25) is 4.79 Å². The highest BCUT2D eigenvalue weighted by Gasteiger charge is 2.16. The number of rotatable bonds is 9. The molecule has 3 rings (SSSR count). The SMILES string of the molecule is C=CCN(Cc1ccc(C)cc1)C(=O)c1cccc(OCc2nnnn2CC)c1. The van der Waals surface area contributed by atoms with E-state index in [1.807, 2.05) is 50.2 Å². The fraction of sp³-hybridized carbons (Fsp3) is 0.273. The summed E-state index contributed by atoms with van der Waals surface area (Å²) in [5, 5.41) is 11.5. The summed E-state index contributed by atoms with van der Waals surface area (Å²) in [5.41, 5.74) is 2.82. The van der Waals surface area contributed by atoms with Gasteiger partial charge in [-0.25, -0.2) is 4.68 Å². The van der Waals surface area contributed by atoms with Crippen LogP contribution in [0.25, 0.3) is 0 Å². The van der Waals surface area contributed by atoms with E-state index in [2.05, 4.69) is 22.1 Å². The van der Waals surface area contributed by atoms with Crippen molar-refractivity contribution in [2.75, 3.05) is 6.54 Å². The van der Waals surface area contributed by atoms with Crippen LogP contribution < -0.4 is 4.74 Å². The molecule has 0 spiro atoms. The number of aromatic nitrogens is 4. The highest BCUT2D eigenvalue weighted by atomic mass is 16.5. The van der Waals surface area contributed by atoms with Gasteiger partial charge >= 0.3 is 0 Å². The quantitative estimate of drug-likeness (QED) is 0.523. The Bertz CT molecular complexity index is 965. The number of amides is 1. The highest BCUT2D eigenvalue weighted by Crippen LogP contribution is 2.18. The molecule has 2 aromatic carbocycles. The zero-order valence-electron chi connectivity index (χ0n) is 16.8. The van der Waals surface area contributed by atoms with Gasteiger partial charge in [-0.05, 0) is 48.0 Å². The molecule has 0 N–H and O–H groups in total. The number of hydrogen-bond donors (Lipinski definition) is 0. The molecule has 0 radical (unpaired) electrons. The molecule has 0 unspecified atom stereocenters. The first-order valence-corrected chi connectivity index (χ1v) is 9.54. The number of ether oxygens (including phenoxy) is 1. The second-order valence-electron chi connectivity index (χ2n) is 6.69. The van der Waals surface area contributed by atoms with Crippen molar-refractivity contribution in [3.63, 3.8) is 0 Å². The van der Waals surface area contributed by atoms with Gasteiger partial charge in [-0.1, -0.05) is 42.0 Å². The van der Waals surface area contributed by atoms with Crippen molar-refractivity contribution >= 4 is 5.91 Å². The van der Waals surface area contributed by atoms with Crippen molar-refractivity contribution in [2.45, 2.75) is 33.5 Å². The van der Waals surface area contributed by atoms with Gasteiger partial charge in [-0.15, -0.1) is 11.7 Å². The Morgan fingerprint density at radius 2 is 2.03 bits per heavy atom. The van der Waals surface area contributed by atoms with E-state index in [-0.39, 0.29) is 12.5 Å². The smallest absolute Gasteiger partial charge is 0.254 e. The summed E-state index contributed by atoms with van der Waals surface area (Å²) >= 11 is 0. The summed E-state index contributed by atoms with van der Waals surface area (Å²) in [7, 11) is 0. The van der Waals surface area contributed by atoms with E-state index in [4.69, 9.17) is 4.74 Å². The van der Waals surface area contributed by atoms with E-state index in [9.17, 15) is 4.79 Å². The molecule has 1 heterocycles. The Morgan fingerprint density at radius 3 is 2.76 bits per heavy atom. The van der Waals surface area contributed by atoms with Crippen LogP contribution in [0.4, 0.5) is 0 Å². The van der Waals surface area contributed by atoms with Crippen molar-refractivity contribution in [3.8, 4) is 5.75 Å². The number of carbonyl (C=O) groups is 1. The Balaban J connectivity index is 1.71. The Kier molecular flexibility index (Phi) is 6.73. The lowest BCUT2D eigenvalue weighted by atomic mass is 10.1. The Morgan fingerprint density at radius 1 is 1.24 bits per heavy atom. The molecular weight excluding hydrogens is 366 g/mol. The van der Waals surface area contributed by atoms with E-state index in [1.165, 1.54) is 5.56 Å². The Hall–Kier alpha value is -3.48. The number of aryl methyl sites for hydroxylation is 2. The molecule has 0 aliphatic heterocycles. The zero-order valence-corrected chi connectivity index (χ0v) is 16.8. The largest absolute Gasteiger partial charge is 0.486 e. The lowest BCUT2D eigenvalue weighted by Gasteiger charge is -2.22. The maximum Gasteiger partial charge on any atom is 0.254 e. The summed E-state index contributed by atoms with van der Waals surface area (Å²) in [6.45, 7) is 9.66. The minimum atomic E-state index is -0.0747. The van der Waals surface area contributed by atoms with Crippen LogP contribution in [0.1, 0.15) is 34.2 Å². The van der Waals surface area contributed by atoms with Crippen LogP contribution in [-0.4, -0.2) is 37.6 Å². The summed E-state index contributed by atoms with van der Waals surface area (Å²) in [5.74, 6) is 1.15. The topological polar surface area (TPSA) is 73.1 Å². The molecular formula is C22H25N5O2. The molecule has 0 atom stereocenters. The number of nitrogens with zero attached hydrogens (tertiary/aromatic N) is 5. The second kappa shape index (κ2) is 9.64. The highest BCUT2D eigenvalue weighted by molar-refractivity contribution is 5.94. The standard InChI is InChI=1S/C22H25N5O2/c1-4-13-26(15-18-11-9-17(3)10-12-18)22(28)19-7-6-8-20(14-19)29-16-21-23-24-25-27(21)5-2/h4,6-12,14H,1,5,13,15-16H2,2-3H3. The first kappa shape index (κ1) is 20.3. The van der Waals surface area contributed by atoms with Crippen molar-refractivity contribution < 1.29 is 9.53 Å². The summed E-state index contributed by atoms with van der Waals surface area (Å²) in [4.78, 5) is 14.8. The Labute approximate surface area is 170 Å². The molecule has 29 heavy (non-hydrogen) atoms. The fourth-order valence-electron chi connectivity index (χ4n) is 2.91. The number of hydrogen-bond acceptors (Lipinski definition) is 5. The molecule has 0 aliphatic rings. The monoisotopic (exact) mass is 391 g/mol. The molecule has 0 saturated heterocycles. The number of tetrazole rings is 1. The van der Waals surface area contributed by atoms with E-state index < -0.39 is 0 Å². The third kappa shape index (κ3) is 5.28. The molecule has 0 saturated carbocycles. The zero-order chi connectivity index (χ0) is 20.6. The van der Waals surface area contributed by atoms with Crippen LogP contribution in [0.15, 0.2) is 61.2 Å². The fourth-order valence-corrected chi connectivity index (χ4v) is 2.91. The van der Waals surface area contributed by atoms with E-state index in [0.29, 0.717) is 36.8 Å². The van der Waals surface area contributed by atoms with Crippen LogP contribution in [0, 0.1) is 6.92 Å². The molecule has 3 aromatic rings. The average molecular weight is 391 g/mol. The van der Waals surface area contributed by atoms with E-state index in [0.717, 1.165) is 5.56 Å². The van der Waals surface area contributed by atoms with Gasteiger partial charge in [0.2, 0.25) is 0 Å². The molecule has 0 fully saturated rings. The predicted molar refractivity (Wildman–Crippen MR) is 110 cm³/mol. The second-order valence-corrected chi connectivity index (χ2v) is 6.69. The van der Waals surface area contributed by atoms with Gasteiger partial charge in [0.25, 0.3) is 5.91 Å². The third-order valence-corrected chi connectivity index (χ3v) is 4.49. The van der Waals surface area contributed by atoms with Gasteiger partial charge in [0.1, 0.15) is 12.4 Å². The van der Waals surface area contributed by atoms with Crippen LogP contribution >= 0.6 is 0 Å². The molecule has 150 valence electrons. The van der Waals surface area contributed by atoms with Crippen molar-refractivity contribution in [1.82, 2.24) is 25.1 Å².